The summed E-state index contributed by atoms with van der Waals surface area (Å²) in [7, 11) is 0. The zero-order valence-electron chi connectivity index (χ0n) is 13.6. The second-order valence-corrected chi connectivity index (χ2v) is 6.33. The summed E-state index contributed by atoms with van der Waals surface area (Å²) in [5.41, 5.74) is 1.80. The number of aromatic nitrogens is 4. The van der Waals surface area contributed by atoms with Crippen molar-refractivity contribution >= 4 is 22.5 Å². The van der Waals surface area contributed by atoms with Crippen molar-refractivity contribution in [3.63, 3.8) is 0 Å². The Labute approximate surface area is 143 Å². The van der Waals surface area contributed by atoms with Crippen LogP contribution in [0.4, 0.5) is 9.93 Å². The molecule has 24 heavy (non-hydrogen) atoms. The zero-order valence-corrected chi connectivity index (χ0v) is 14.4. The Balaban J connectivity index is 1.59. The lowest BCUT2D eigenvalue weighted by Crippen LogP contribution is -2.48. The van der Waals surface area contributed by atoms with Gasteiger partial charge in [-0.05, 0) is 13.8 Å². The van der Waals surface area contributed by atoms with Gasteiger partial charge in [0.25, 0.3) is 0 Å². The molecule has 0 spiro atoms. The first-order valence-electron chi connectivity index (χ1n) is 7.76. The minimum Gasteiger partial charge on any atom is -0.379 e. The van der Waals surface area contributed by atoms with Crippen molar-refractivity contribution in [2.45, 2.75) is 20.0 Å². The fourth-order valence-electron chi connectivity index (χ4n) is 2.37. The van der Waals surface area contributed by atoms with Crippen molar-refractivity contribution in [3.05, 3.63) is 11.9 Å². The van der Waals surface area contributed by atoms with E-state index in [0.717, 1.165) is 11.3 Å². The fraction of sp³-hybridized carbons (Fsp3) is 0.571. The second kappa shape index (κ2) is 7.69. The molecule has 0 saturated carbocycles. The molecule has 2 amide bonds. The van der Waals surface area contributed by atoms with Crippen molar-refractivity contribution in [1.82, 2.24) is 25.3 Å². The number of hydrogen-bond donors (Lipinski definition) is 2. The molecule has 0 aliphatic carbocycles. The number of carbonyl (C=O) groups is 1. The first kappa shape index (κ1) is 16.8. The van der Waals surface area contributed by atoms with Crippen LogP contribution in [0, 0.1) is 6.92 Å². The van der Waals surface area contributed by atoms with Gasteiger partial charge in [-0.15, -0.1) is 10.2 Å². The molecule has 1 saturated heterocycles. The minimum absolute atomic E-state index is 0.0944. The quantitative estimate of drug-likeness (QED) is 0.845. The number of amides is 2. The van der Waals surface area contributed by atoms with E-state index in [1.165, 1.54) is 11.3 Å². The maximum Gasteiger partial charge on any atom is 0.323 e. The van der Waals surface area contributed by atoms with Gasteiger partial charge < -0.3 is 14.4 Å². The number of rotatable bonds is 5. The molecule has 3 heterocycles. The van der Waals surface area contributed by atoms with Crippen molar-refractivity contribution in [3.8, 4) is 10.6 Å². The summed E-state index contributed by atoms with van der Waals surface area (Å²) >= 11 is 1.32. The monoisotopic (exact) mass is 352 g/mol. The maximum absolute atomic E-state index is 12.4. The van der Waals surface area contributed by atoms with Crippen LogP contribution in [0.2, 0.25) is 0 Å². The Kier molecular flexibility index (Phi) is 5.38. The highest BCUT2D eigenvalue weighted by molar-refractivity contribution is 7.18. The van der Waals surface area contributed by atoms with Crippen molar-refractivity contribution < 1.29 is 14.3 Å². The number of anilines is 1. The molecule has 3 rings (SSSR count). The molecule has 2 aromatic heterocycles. The summed E-state index contributed by atoms with van der Waals surface area (Å²) in [4.78, 5) is 14.1. The number of H-pyrrole nitrogens is 1. The van der Waals surface area contributed by atoms with Gasteiger partial charge in [-0.2, -0.15) is 5.10 Å². The predicted molar refractivity (Wildman–Crippen MR) is 89.1 cm³/mol. The van der Waals surface area contributed by atoms with E-state index in [9.17, 15) is 4.79 Å². The average molecular weight is 352 g/mol. The molecule has 1 unspecified atom stereocenters. The van der Waals surface area contributed by atoms with Gasteiger partial charge in [0.2, 0.25) is 5.13 Å². The van der Waals surface area contributed by atoms with Gasteiger partial charge in [0, 0.05) is 18.8 Å². The van der Waals surface area contributed by atoms with Gasteiger partial charge >= 0.3 is 6.03 Å². The first-order chi connectivity index (χ1) is 11.7. The highest BCUT2D eigenvalue weighted by Crippen LogP contribution is 2.27. The number of carbonyl (C=O) groups excluding carboxylic acids is 1. The highest BCUT2D eigenvalue weighted by Gasteiger charge is 2.25. The summed E-state index contributed by atoms with van der Waals surface area (Å²) in [6, 6.07) is -0.202. The lowest BCUT2D eigenvalue weighted by molar-refractivity contribution is -0.0555. The van der Waals surface area contributed by atoms with Gasteiger partial charge in [-0.25, -0.2) is 4.79 Å². The van der Waals surface area contributed by atoms with Crippen LogP contribution in [0.1, 0.15) is 12.6 Å². The maximum atomic E-state index is 12.4. The van der Waals surface area contributed by atoms with E-state index in [4.69, 9.17) is 9.47 Å². The van der Waals surface area contributed by atoms with Crippen molar-refractivity contribution in [2.75, 3.05) is 38.2 Å². The molecule has 2 aromatic rings. The molecule has 9 nitrogen and oxygen atoms in total. The third kappa shape index (κ3) is 3.89. The van der Waals surface area contributed by atoms with Crippen LogP contribution in [0.5, 0.6) is 0 Å². The van der Waals surface area contributed by atoms with Crippen molar-refractivity contribution in [1.29, 1.82) is 0 Å². The molecule has 10 heteroatoms. The van der Waals surface area contributed by atoms with E-state index < -0.39 is 0 Å². The van der Waals surface area contributed by atoms with Gasteiger partial charge in [-0.3, -0.25) is 10.4 Å². The van der Waals surface area contributed by atoms with Crippen LogP contribution >= 0.6 is 11.3 Å². The molecular formula is C14H20N6O3S. The van der Waals surface area contributed by atoms with Crippen molar-refractivity contribution in [2.24, 2.45) is 0 Å². The fourth-order valence-corrected chi connectivity index (χ4v) is 3.17. The molecule has 1 aliphatic heterocycles. The average Bonchev–Trinajstić information content (AvgIpc) is 3.21. The lowest BCUT2D eigenvalue weighted by atomic mass is 10.3. The summed E-state index contributed by atoms with van der Waals surface area (Å²) in [6.45, 7) is 6.51. The number of morpholine rings is 1. The van der Waals surface area contributed by atoms with Crippen LogP contribution in [0.25, 0.3) is 10.6 Å². The molecular weight excluding hydrogens is 332 g/mol. The molecule has 2 N–H and O–H groups in total. The van der Waals surface area contributed by atoms with E-state index in [0.29, 0.717) is 43.0 Å². The van der Waals surface area contributed by atoms with E-state index in [1.807, 2.05) is 13.8 Å². The zero-order chi connectivity index (χ0) is 16.9. The Morgan fingerprint density at radius 1 is 1.58 bits per heavy atom. The van der Waals surface area contributed by atoms with Gasteiger partial charge in [-0.1, -0.05) is 11.3 Å². The van der Waals surface area contributed by atoms with E-state index in [-0.39, 0.29) is 12.1 Å². The smallest absolute Gasteiger partial charge is 0.323 e. The molecule has 0 radical (unpaired) electrons. The highest BCUT2D eigenvalue weighted by atomic mass is 32.1. The molecule has 1 fully saturated rings. The summed E-state index contributed by atoms with van der Waals surface area (Å²) in [5.74, 6) is 0. The van der Waals surface area contributed by atoms with E-state index in [2.05, 4.69) is 25.7 Å². The third-order valence-electron chi connectivity index (χ3n) is 3.63. The Morgan fingerprint density at radius 3 is 3.21 bits per heavy atom. The first-order valence-corrected chi connectivity index (χ1v) is 8.58. The number of aryl methyl sites for hydroxylation is 1. The molecule has 1 atom stereocenters. The Morgan fingerprint density at radius 2 is 2.46 bits per heavy atom. The number of aromatic amines is 1. The SMILES string of the molecule is CCOCC1CN(C(=O)Nc2nnc(-c3cn[nH]c3C)s2)CCO1. The number of nitrogens with one attached hydrogen (secondary N) is 2. The standard InChI is InChI=1S/C14H20N6O3S/c1-3-22-8-10-7-20(4-5-23-10)14(21)16-13-19-18-12(24-13)11-6-15-17-9(11)2/h6,10H,3-5,7-8H2,1-2H3,(H,15,17)(H,16,19,21). The molecule has 0 aromatic carbocycles. The minimum atomic E-state index is -0.202. The number of urea groups is 1. The summed E-state index contributed by atoms with van der Waals surface area (Å²) in [6.07, 6.45) is 1.60. The number of ether oxygens (including phenoxy) is 2. The summed E-state index contributed by atoms with van der Waals surface area (Å²) in [5, 5.41) is 18.9. The van der Waals surface area contributed by atoms with Crippen LogP contribution in [-0.2, 0) is 9.47 Å². The largest absolute Gasteiger partial charge is 0.379 e. The Bertz CT molecular complexity index is 688. The number of nitrogens with zero attached hydrogens (tertiary/aromatic N) is 4. The molecule has 0 bridgehead atoms. The lowest BCUT2D eigenvalue weighted by Gasteiger charge is -2.32. The van der Waals surface area contributed by atoms with Crippen LogP contribution < -0.4 is 5.32 Å². The van der Waals surface area contributed by atoms with Crippen LogP contribution in [0.15, 0.2) is 6.20 Å². The van der Waals surface area contributed by atoms with E-state index in [1.54, 1.807) is 11.1 Å². The third-order valence-corrected chi connectivity index (χ3v) is 4.51. The number of hydrogen-bond acceptors (Lipinski definition) is 7. The predicted octanol–water partition coefficient (Wildman–Crippen LogP) is 1.51. The van der Waals surface area contributed by atoms with Gasteiger partial charge in [0.15, 0.2) is 5.01 Å². The van der Waals surface area contributed by atoms with Gasteiger partial charge in [0.05, 0.1) is 37.6 Å². The van der Waals surface area contributed by atoms with E-state index >= 15 is 0 Å². The topological polar surface area (TPSA) is 105 Å². The normalized spacial score (nSPS) is 17.9. The second-order valence-electron chi connectivity index (χ2n) is 5.35. The van der Waals surface area contributed by atoms with Crippen LogP contribution in [0.3, 0.4) is 0 Å². The molecule has 1 aliphatic rings. The molecule has 130 valence electrons. The Hall–Kier alpha value is -2.04. The summed E-state index contributed by atoms with van der Waals surface area (Å²) < 4.78 is 11.0. The van der Waals surface area contributed by atoms with Gasteiger partial charge in [0.1, 0.15) is 0 Å². The van der Waals surface area contributed by atoms with Crippen LogP contribution in [-0.4, -0.2) is 70.3 Å².